The van der Waals surface area contributed by atoms with Gasteiger partial charge in [-0.05, 0) is 13.8 Å². The Kier molecular flexibility index (Phi) is 5.27. The average molecular weight is 144 g/mol. The largest absolute Gasteiger partial charge is 0.114 e. The molecule has 11 heavy (non-hydrogen) atoms. The third-order valence-electron chi connectivity index (χ3n) is 1.29. The topological polar surface area (TPSA) is 0 Å². The average Bonchev–Trinajstić information content (AvgIpc) is 2.00. The second kappa shape index (κ2) is 5.78. The first-order chi connectivity index (χ1) is 5.22. The highest BCUT2D eigenvalue weighted by atomic mass is 13.9. The number of hydrogen-bond acceptors (Lipinski definition) is 0. The fraction of sp³-hybridized carbons (Fsp3) is 0.200. The van der Waals surface area contributed by atoms with Crippen molar-refractivity contribution in [2.75, 3.05) is 0 Å². The molecule has 0 rings (SSSR count). The molecule has 0 amide bonds. The van der Waals surface area contributed by atoms with Crippen LogP contribution in [-0.4, -0.2) is 7.85 Å². The zero-order chi connectivity index (χ0) is 8.69. The van der Waals surface area contributed by atoms with Gasteiger partial charge in [0.05, 0.1) is 0 Å². The van der Waals surface area contributed by atoms with E-state index in [2.05, 4.69) is 6.58 Å². The van der Waals surface area contributed by atoms with Crippen molar-refractivity contribution in [2.24, 2.45) is 0 Å². The zero-order valence-corrected chi connectivity index (χ0v) is 7.17. The lowest BCUT2D eigenvalue weighted by atomic mass is 9.88. The lowest BCUT2D eigenvalue weighted by molar-refractivity contribution is 1.48. The van der Waals surface area contributed by atoms with Crippen molar-refractivity contribution in [1.29, 1.82) is 0 Å². The van der Waals surface area contributed by atoms with Gasteiger partial charge in [-0.15, -0.1) is 0 Å². The molecule has 0 aromatic rings. The van der Waals surface area contributed by atoms with Gasteiger partial charge in [0.25, 0.3) is 0 Å². The lowest BCUT2D eigenvalue weighted by Gasteiger charge is -1.97. The molecule has 0 saturated heterocycles. The Morgan fingerprint density at radius 3 is 2.45 bits per heavy atom. The van der Waals surface area contributed by atoms with Crippen LogP contribution in [0.2, 0.25) is 0 Å². The molecule has 0 aromatic carbocycles. The summed E-state index contributed by atoms with van der Waals surface area (Å²) in [6.45, 7) is 7.50. The van der Waals surface area contributed by atoms with Crippen LogP contribution in [0.5, 0.6) is 0 Å². The predicted octanol–water partition coefficient (Wildman–Crippen LogP) is 2.75. The summed E-state index contributed by atoms with van der Waals surface area (Å²) >= 11 is 0. The molecule has 0 heterocycles. The maximum absolute atomic E-state index is 5.66. The Morgan fingerprint density at radius 2 is 2.00 bits per heavy atom. The smallest absolute Gasteiger partial charge is 0.0991 e. The molecule has 1 heteroatoms. The zero-order valence-electron chi connectivity index (χ0n) is 7.17. The first-order valence-electron chi connectivity index (χ1n) is 3.60. The molecular weight excluding hydrogens is 131 g/mol. The molecule has 0 nitrogen and oxygen atoms in total. The molecule has 0 fully saturated rings. The fourth-order valence-electron chi connectivity index (χ4n) is 0.595. The molecule has 0 saturated carbocycles. The Bertz CT molecular complexity index is 207. The van der Waals surface area contributed by atoms with E-state index in [1.165, 1.54) is 0 Å². The molecule has 56 valence electrons. The van der Waals surface area contributed by atoms with Gasteiger partial charge in [-0.2, -0.15) is 0 Å². The summed E-state index contributed by atoms with van der Waals surface area (Å²) in [5.41, 5.74) is 1.82. The van der Waals surface area contributed by atoms with Crippen LogP contribution in [0.1, 0.15) is 13.8 Å². The number of hydrogen-bond donors (Lipinski definition) is 0. The van der Waals surface area contributed by atoms with Gasteiger partial charge in [-0.25, -0.2) is 0 Å². The Hall–Kier alpha value is -0.975. The summed E-state index contributed by atoms with van der Waals surface area (Å²) in [7, 11) is 5.66. The Balaban J connectivity index is 4.34. The van der Waals surface area contributed by atoms with Crippen LogP contribution in [0.3, 0.4) is 0 Å². The Labute approximate surface area is 70.4 Å². The molecule has 0 N–H and O–H groups in total. The minimum absolute atomic E-state index is 0.762. The minimum Gasteiger partial charge on any atom is -0.0991 e. The first kappa shape index (κ1) is 10.0. The van der Waals surface area contributed by atoms with Gasteiger partial charge in [0.15, 0.2) is 0 Å². The normalized spacial score (nSPS) is 14.0. The van der Waals surface area contributed by atoms with Gasteiger partial charge >= 0.3 is 0 Å². The van der Waals surface area contributed by atoms with Gasteiger partial charge in [0.1, 0.15) is 7.85 Å². The van der Waals surface area contributed by atoms with E-state index in [0.29, 0.717) is 0 Å². The van der Waals surface area contributed by atoms with Crippen molar-refractivity contribution in [3.05, 3.63) is 48.0 Å². The first-order valence-corrected chi connectivity index (χ1v) is 3.60. The van der Waals surface area contributed by atoms with Crippen LogP contribution < -0.4 is 0 Å². The van der Waals surface area contributed by atoms with Crippen LogP contribution >= 0.6 is 0 Å². The monoisotopic (exact) mass is 144 g/mol. The second-order valence-corrected chi connectivity index (χ2v) is 2.23. The fourth-order valence-corrected chi connectivity index (χ4v) is 0.595. The molecule has 0 aliphatic carbocycles. The predicted molar refractivity (Wildman–Crippen MR) is 52.6 cm³/mol. The van der Waals surface area contributed by atoms with E-state index in [0.717, 1.165) is 11.0 Å². The summed E-state index contributed by atoms with van der Waals surface area (Å²) in [4.78, 5) is 0. The van der Waals surface area contributed by atoms with Crippen molar-refractivity contribution in [2.45, 2.75) is 13.8 Å². The van der Waals surface area contributed by atoms with Crippen LogP contribution in [0.25, 0.3) is 0 Å². The summed E-state index contributed by atoms with van der Waals surface area (Å²) in [5, 5.41) is 0. The van der Waals surface area contributed by atoms with Crippen molar-refractivity contribution in [1.82, 2.24) is 0 Å². The van der Waals surface area contributed by atoms with E-state index in [9.17, 15) is 0 Å². The van der Waals surface area contributed by atoms with E-state index < -0.39 is 0 Å². The van der Waals surface area contributed by atoms with Crippen LogP contribution in [0.15, 0.2) is 48.0 Å². The lowest BCUT2D eigenvalue weighted by Crippen LogP contribution is -1.82. The molecule has 0 spiro atoms. The van der Waals surface area contributed by atoms with Crippen LogP contribution in [0, 0.1) is 0 Å². The molecule has 0 aliphatic heterocycles. The summed E-state index contributed by atoms with van der Waals surface area (Å²) < 4.78 is 0. The molecule has 0 bridgehead atoms. The van der Waals surface area contributed by atoms with Crippen LogP contribution in [0.4, 0.5) is 0 Å². The van der Waals surface area contributed by atoms with E-state index in [1.54, 1.807) is 12.2 Å². The summed E-state index contributed by atoms with van der Waals surface area (Å²) in [5.74, 6) is 0. The van der Waals surface area contributed by atoms with Crippen molar-refractivity contribution in [3.63, 3.8) is 0 Å². The van der Waals surface area contributed by atoms with Gasteiger partial charge in [0, 0.05) is 0 Å². The van der Waals surface area contributed by atoms with E-state index >= 15 is 0 Å². The number of allylic oxidation sites excluding steroid dienone is 7. The molecule has 0 atom stereocenters. The van der Waals surface area contributed by atoms with Crippen molar-refractivity contribution < 1.29 is 0 Å². The standard InChI is InChI=1S/C10H13B/c1-4-6-8-9(3)10(11)7-5-2/h4-8H,2H2,1,3H3/b6-4-,9-8-,10-7+. The molecule has 0 aromatic heterocycles. The van der Waals surface area contributed by atoms with Gasteiger partial charge in [-0.1, -0.05) is 48.0 Å². The third kappa shape index (κ3) is 4.43. The van der Waals surface area contributed by atoms with Gasteiger partial charge in [0.2, 0.25) is 0 Å². The second-order valence-electron chi connectivity index (χ2n) is 2.23. The molecule has 0 unspecified atom stereocenters. The van der Waals surface area contributed by atoms with Crippen molar-refractivity contribution >= 4 is 7.85 Å². The summed E-state index contributed by atoms with van der Waals surface area (Å²) in [6.07, 6.45) is 9.36. The van der Waals surface area contributed by atoms with Crippen molar-refractivity contribution in [3.8, 4) is 0 Å². The Morgan fingerprint density at radius 1 is 1.36 bits per heavy atom. The summed E-state index contributed by atoms with van der Waals surface area (Å²) in [6, 6.07) is 0. The molecule has 2 radical (unpaired) electrons. The van der Waals surface area contributed by atoms with Gasteiger partial charge in [-0.3, -0.25) is 0 Å². The van der Waals surface area contributed by atoms with Gasteiger partial charge < -0.3 is 0 Å². The van der Waals surface area contributed by atoms with E-state index in [1.807, 2.05) is 32.1 Å². The molecular formula is C10H13B. The maximum atomic E-state index is 5.66. The highest BCUT2D eigenvalue weighted by Gasteiger charge is 1.86. The molecule has 0 aliphatic rings. The quantitative estimate of drug-likeness (QED) is 0.422. The van der Waals surface area contributed by atoms with E-state index in [-0.39, 0.29) is 0 Å². The maximum Gasteiger partial charge on any atom is 0.114 e. The SMILES string of the molecule is [B]C(=C/C=C)/C(C)=C\C=C/C. The minimum atomic E-state index is 0.762. The number of rotatable bonds is 3. The third-order valence-corrected chi connectivity index (χ3v) is 1.29. The van der Waals surface area contributed by atoms with Crippen LogP contribution in [-0.2, 0) is 0 Å². The highest BCUT2D eigenvalue weighted by molar-refractivity contribution is 6.24. The highest BCUT2D eigenvalue weighted by Crippen LogP contribution is 2.04. The van der Waals surface area contributed by atoms with E-state index in [4.69, 9.17) is 7.85 Å².